The van der Waals surface area contributed by atoms with Gasteiger partial charge in [0, 0.05) is 5.69 Å². The Morgan fingerprint density at radius 3 is 2.50 bits per heavy atom. The average molecular weight is 423 g/mol. The van der Waals surface area contributed by atoms with E-state index in [2.05, 4.69) is 5.32 Å². The van der Waals surface area contributed by atoms with Crippen LogP contribution in [0.2, 0.25) is 0 Å². The summed E-state index contributed by atoms with van der Waals surface area (Å²) in [6, 6.07) is 14.6. The number of aryl methyl sites for hydroxylation is 1. The number of hydrogen-bond donors (Lipinski definition) is 1. The van der Waals surface area contributed by atoms with Crippen molar-refractivity contribution in [2.45, 2.75) is 20.0 Å². The fourth-order valence-corrected chi connectivity index (χ4v) is 4.09. The number of benzene rings is 2. The molecular weight excluding hydrogens is 405 g/mol. The molecule has 1 N–H and O–H groups in total. The van der Waals surface area contributed by atoms with Gasteiger partial charge in [-0.15, -0.1) is 11.3 Å². The lowest BCUT2D eigenvalue weighted by Crippen LogP contribution is -2.41. The number of halogens is 1. The van der Waals surface area contributed by atoms with Gasteiger partial charge in [-0.3, -0.25) is 18.7 Å². The first-order valence-corrected chi connectivity index (χ1v) is 10.1. The number of rotatable bonds is 5. The number of fused-ring (bicyclic) bond motifs is 1. The number of para-hydroxylation sites is 1. The molecule has 2 heterocycles. The van der Waals surface area contributed by atoms with E-state index in [4.69, 9.17) is 0 Å². The van der Waals surface area contributed by atoms with Gasteiger partial charge in [0.2, 0.25) is 5.91 Å². The van der Waals surface area contributed by atoms with Gasteiger partial charge >= 0.3 is 5.69 Å². The molecule has 0 fully saturated rings. The zero-order valence-corrected chi connectivity index (χ0v) is 16.9. The highest BCUT2D eigenvalue weighted by atomic mass is 32.1. The summed E-state index contributed by atoms with van der Waals surface area (Å²) >= 11 is 1.21. The third-order valence-corrected chi connectivity index (χ3v) is 5.70. The van der Waals surface area contributed by atoms with Gasteiger partial charge in [0.15, 0.2) is 0 Å². The molecular formula is C22H18FN3O3S. The van der Waals surface area contributed by atoms with Crippen LogP contribution in [0.4, 0.5) is 10.1 Å². The fourth-order valence-electron chi connectivity index (χ4n) is 3.24. The number of anilines is 1. The van der Waals surface area contributed by atoms with Gasteiger partial charge in [0.25, 0.3) is 5.56 Å². The first kappa shape index (κ1) is 19.8. The van der Waals surface area contributed by atoms with Gasteiger partial charge in [0.05, 0.1) is 12.1 Å². The molecule has 8 heteroatoms. The molecule has 0 aliphatic carbocycles. The second kappa shape index (κ2) is 8.08. The summed E-state index contributed by atoms with van der Waals surface area (Å²) in [6.07, 6.45) is 0. The topological polar surface area (TPSA) is 73.1 Å². The standard InChI is InChI=1S/C22H18FN3O3S/c1-14-4-2-3-5-17(14)24-19(27)13-25-18-10-11-30-20(18)21(28)26(22(25)29)12-15-6-8-16(23)9-7-15/h2-11H,12-13H2,1H3,(H,24,27). The summed E-state index contributed by atoms with van der Waals surface area (Å²) in [4.78, 5) is 38.6. The van der Waals surface area contributed by atoms with Gasteiger partial charge in [-0.05, 0) is 47.7 Å². The van der Waals surface area contributed by atoms with Crippen LogP contribution in [0, 0.1) is 12.7 Å². The molecule has 4 aromatic rings. The molecule has 0 saturated heterocycles. The predicted octanol–water partition coefficient (Wildman–Crippen LogP) is 3.36. The van der Waals surface area contributed by atoms with Crippen molar-refractivity contribution in [3.8, 4) is 0 Å². The van der Waals surface area contributed by atoms with Crippen molar-refractivity contribution >= 4 is 33.1 Å². The van der Waals surface area contributed by atoms with E-state index in [1.165, 1.54) is 40.2 Å². The Morgan fingerprint density at radius 2 is 1.77 bits per heavy atom. The Balaban J connectivity index is 1.72. The lowest BCUT2D eigenvalue weighted by Gasteiger charge is -2.13. The van der Waals surface area contributed by atoms with E-state index in [1.54, 1.807) is 17.5 Å². The molecule has 0 aliphatic heterocycles. The number of thiophene rings is 1. The molecule has 6 nitrogen and oxygen atoms in total. The SMILES string of the molecule is Cc1ccccc1NC(=O)Cn1c(=O)n(Cc2ccc(F)cc2)c(=O)c2sccc21. The van der Waals surface area contributed by atoms with Crippen molar-refractivity contribution in [1.29, 1.82) is 0 Å². The van der Waals surface area contributed by atoms with Gasteiger partial charge in [-0.1, -0.05) is 30.3 Å². The van der Waals surface area contributed by atoms with Gasteiger partial charge in [-0.2, -0.15) is 0 Å². The zero-order valence-electron chi connectivity index (χ0n) is 16.1. The molecule has 1 amide bonds. The maximum atomic E-state index is 13.2. The maximum absolute atomic E-state index is 13.2. The van der Waals surface area contributed by atoms with Crippen molar-refractivity contribution in [3.63, 3.8) is 0 Å². The lowest BCUT2D eigenvalue weighted by atomic mass is 10.2. The van der Waals surface area contributed by atoms with Crippen molar-refractivity contribution in [2.24, 2.45) is 0 Å². The number of nitrogens with zero attached hydrogens (tertiary/aromatic N) is 2. The zero-order chi connectivity index (χ0) is 21.3. The van der Waals surface area contributed by atoms with Crippen LogP contribution in [0.25, 0.3) is 10.2 Å². The highest BCUT2D eigenvalue weighted by Gasteiger charge is 2.17. The van der Waals surface area contributed by atoms with Crippen LogP contribution in [0.5, 0.6) is 0 Å². The average Bonchev–Trinajstić information content (AvgIpc) is 3.22. The minimum absolute atomic E-state index is 0.00873. The summed E-state index contributed by atoms with van der Waals surface area (Å²) in [5.74, 6) is -0.768. The normalized spacial score (nSPS) is 11.0. The molecule has 4 rings (SSSR count). The first-order chi connectivity index (χ1) is 14.4. The Kier molecular flexibility index (Phi) is 5.33. The maximum Gasteiger partial charge on any atom is 0.332 e. The van der Waals surface area contributed by atoms with Crippen molar-refractivity contribution in [2.75, 3.05) is 5.32 Å². The molecule has 2 aromatic heterocycles. The Hall–Kier alpha value is -3.52. The smallest absolute Gasteiger partial charge is 0.324 e. The molecule has 2 aromatic carbocycles. The number of carbonyl (C=O) groups excluding carboxylic acids is 1. The van der Waals surface area contributed by atoms with Crippen LogP contribution in [0.15, 0.2) is 69.6 Å². The van der Waals surface area contributed by atoms with Gasteiger partial charge in [0.1, 0.15) is 17.1 Å². The minimum atomic E-state index is -0.588. The van der Waals surface area contributed by atoms with E-state index in [1.807, 2.05) is 25.1 Å². The number of hydrogen-bond acceptors (Lipinski definition) is 4. The highest BCUT2D eigenvalue weighted by Crippen LogP contribution is 2.17. The highest BCUT2D eigenvalue weighted by molar-refractivity contribution is 7.17. The molecule has 0 bridgehead atoms. The lowest BCUT2D eigenvalue weighted by molar-refractivity contribution is -0.116. The molecule has 0 saturated carbocycles. The van der Waals surface area contributed by atoms with Crippen molar-refractivity contribution in [1.82, 2.24) is 9.13 Å². The predicted molar refractivity (Wildman–Crippen MR) is 116 cm³/mol. The van der Waals surface area contributed by atoms with Crippen LogP contribution in [-0.4, -0.2) is 15.0 Å². The van der Waals surface area contributed by atoms with Crippen LogP contribution >= 0.6 is 11.3 Å². The fraction of sp³-hybridized carbons (Fsp3) is 0.136. The first-order valence-electron chi connectivity index (χ1n) is 9.25. The molecule has 0 atom stereocenters. The van der Waals surface area contributed by atoms with E-state index < -0.39 is 17.1 Å². The van der Waals surface area contributed by atoms with Crippen LogP contribution in [0.3, 0.4) is 0 Å². The largest absolute Gasteiger partial charge is 0.332 e. The molecule has 30 heavy (non-hydrogen) atoms. The van der Waals surface area contributed by atoms with Gasteiger partial charge < -0.3 is 5.32 Å². The van der Waals surface area contributed by atoms with E-state index in [9.17, 15) is 18.8 Å². The number of aromatic nitrogens is 2. The summed E-state index contributed by atoms with van der Waals surface area (Å²) in [7, 11) is 0. The molecule has 0 spiro atoms. The third kappa shape index (κ3) is 3.81. The van der Waals surface area contributed by atoms with Crippen molar-refractivity contribution < 1.29 is 9.18 Å². The minimum Gasteiger partial charge on any atom is -0.324 e. The summed E-state index contributed by atoms with van der Waals surface area (Å²) in [5.41, 5.74) is 1.59. The molecule has 0 aliphatic rings. The summed E-state index contributed by atoms with van der Waals surface area (Å²) in [6.45, 7) is 1.64. The van der Waals surface area contributed by atoms with E-state index in [0.717, 1.165) is 10.1 Å². The molecule has 0 radical (unpaired) electrons. The van der Waals surface area contributed by atoms with Crippen LogP contribution in [-0.2, 0) is 17.9 Å². The molecule has 152 valence electrons. The van der Waals surface area contributed by atoms with Crippen LogP contribution < -0.4 is 16.6 Å². The van der Waals surface area contributed by atoms with E-state index in [-0.39, 0.29) is 19.0 Å². The van der Waals surface area contributed by atoms with E-state index in [0.29, 0.717) is 21.5 Å². The quantitative estimate of drug-likeness (QED) is 0.535. The van der Waals surface area contributed by atoms with E-state index >= 15 is 0 Å². The van der Waals surface area contributed by atoms with Crippen molar-refractivity contribution in [3.05, 3.63) is 97.8 Å². The Labute approximate surface area is 174 Å². The Morgan fingerprint density at radius 1 is 1.03 bits per heavy atom. The number of amides is 1. The molecule has 0 unspecified atom stereocenters. The van der Waals surface area contributed by atoms with Crippen LogP contribution in [0.1, 0.15) is 11.1 Å². The monoisotopic (exact) mass is 423 g/mol. The van der Waals surface area contributed by atoms with Gasteiger partial charge in [-0.25, -0.2) is 9.18 Å². The number of carbonyl (C=O) groups is 1. The third-order valence-electron chi connectivity index (χ3n) is 4.81. The summed E-state index contributed by atoms with van der Waals surface area (Å²) in [5, 5.41) is 4.52. The Bertz CT molecular complexity index is 1350. The number of nitrogens with one attached hydrogen (secondary N) is 1. The second-order valence-electron chi connectivity index (χ2n) is 6.88. The second-order valence-corrected chi connectivity index (χ2v) is 7.80. The summed E-state index contributed by atoms with van der Waals surface area (Å²) < 4.78 is 16.0.